The number of aromatic nitrogens is 4. The van der Waals surface area contributed by atoms with E-state index in [1.54, 1.807) is 0 Å². The molecular formula is C49H30N4O. The molecule has 252 valence electrons. The highest BCUT2D eigenvalue weighted by Gasteiger charge is 2.19. The summed E-state index contributed by atoms with van der Waals surface area (Å²) in [6.07, 6.45) is 0. The van der Waals surface area contributed by atoms with Gasteiger partial charge in [-0.1, -0.05) is 121 Å². The molecule has 0 unspecified atom stereocenters. The molecule has 0 aliphatic heterocycles. The molecule has 11 rings (SSSR count). The van der Waals surface area contributed by atoms with Gasteiger partial charge in [-0.25, -0.2) is 15.0 Å². The Balaban J connectivity index is 1.09. The molecule has 0 amide bonds. The Morgan fingerprint density at radius 3 is 1.85 bits per heavy atom. The minimum atomic E-state index is 0.593. The molecule has 0 N–H and O–H groups in total. The Hall–Kier alpha value is -7.37. The number of hydrogen-bond donors (Lipinski definition) is 0. The number of furan rings is 1. The summed E-state index contributed by atoms with van der Waals surface area (Å²) < 4.78 is 8.62. The van der Waals surface area contributed by atoms with E-state index in [1.165, 1.54) is 32.6 Å². The van der Waals surface area contributed by atoms with Gasteiger partial charge in [0.1, 0.15) is 11.2 Å². The summed E-state index contributed by atoms with van der Waals surface area (Å²) >= 11 is 0. The van der Waals surface area contributed by atoms with Crippen LogP contribution in [0, 0.1) is 0 Å². The zero-order valence-electron chi connectivity index (χ0n) is 29.0. The first-order chi connectivity index (χ1) is 26.7. The van der Waals surface area contributed by atoms with Gasteiger partial charge >= 0.3 is 0 Å². The van der Waals surface area contributed by atoms with Crippen molar-refractivity contribution in [3.8, 4) is 51.0 Å². The standard InChI is InChI=1S/C49H30N4O/c1-2-12-31(13-3-1)33-16-10-17-36(28-33)48-50-47(51-49(52-48)40-20-11-23-45-46(40)39-19-7-9-22-44(39)54-45)32-24-26-37(27-25-32)53-42-21-8-6-18-38(42)41-29-34-14-4-5-15-35(34)30-43(41)53/h1-30H. The average molecular weight is 691 g/mol. The largest absolute Gasteiger partial charge is 0.456 e. The minimum absolute atomic E-state index is 0.593. The van der Waals surface area contributed by atoms with Gasteiger partial charge in [0.25, 0.3) is 0 Å². The van der Waals surface area contributed by atoms with Crippen LogP contribution >= 0.6 is 0 Å². The molecule has 0 bridgehead atoms. The first-order valence-corrected chi connectivity index (χ1v) is 18.1. The van der Waals surface area contributed by atoms with Crippen LogP contribution in [0.1, 0.15) is 0 Å². The van der Waals surface area contributed by atoms with Crippen LogP contribution < -0.4 is 0 Å². The van der Waals surface area contributed by atoms with Crippen LogP contribution in [-0.2, 0) is 0 Å². The van der Waals surface area contributed by atoms with E-state index >= 15 is 0 Å². The second-order valence-electron chi connectivity index (χ2n) is 13.6. The van der Waals surface area contributed by atoms with Gasteiger partial charge in [0.05, 0.1) is 11.0 Å². The van der Waals surface area contributed by atoms with Crippen molar-refractivity contribution in [3.05, 3.63) is 182 Å². The SMILES string of the molecule is c1ccc(-c2cccc(-c3nc(-c4ccc(-n5c6ccccc6c6cc7ccccc7cc65)cc4)nc(-c4cccc5oc6ccccc6c45)n3)c2)cc1. The zero-order valence-corrected chi connectivity index (χ0v) is 29.0. The Morgan fingerprint density at radius 1 is 0.370 bits per heavy atom. The van der Waals surface area contributed by atoms with E-state index in [0.29, 0.717) is 17.5 Å². The summed E-state index contributed by atoms with van der Waals surface area (Å²) in [5, 5.41) is 6.93. The summed E-state index contributed by atoms with van der Waals surface area (Å²) in [7, 11) is 0. The lowest BCUT2D eigenvalue weighted by Crippen LogP contribution is -2.01. The third kappa shape index (κ3) is 4.90. The summed E-state index contributed by atoms with van der Waals surface area (Å²) in [5.41, 5.74) is 9.99. The van der Waals surface area contributed by atoms with Crippen molar-refractivity contribution in [2.24, 2.45) is 0 Å². The highest BCUT2D eigenvalue weighted by Crippen LogP contribution is 2.38. The summed E-state index contributed by atoms with van der Waals surface area (Å²) in [4.78, 5) is 15.5. The Kier molecular flexibility index (Phi) is 6.79. The van der Waals surface area contributed by atoms with Crippen molar-refractivity contribution in [3.63, 3.8) is 0 Å². The minimum Gasteiger partial charge on any atom is -0.456 e. The molecule has 5 heteroatoms. The lowest BCUT2D eigenvalue weighted by Gasteiger charge is -2.12. The molecule has 0 atom stereocenters. The fourth-order valence-corrected chi connectivity index (χ4v) is 7.88. The number of benzene rings is 8. The van der Waals surface area contributed by atoms with E-state index in [1.807, 2.05) is 36.4 Å². The predicted octanol–water partition coefficient (Wildman–Crippen LogP) is 12.7. The smallest absolute Gasteiger partial charge is 0.164 e. The molecule has 0 aliphatic carbocycles. The Labute approximate surface area is 310 Å². The van der Waals surface area contributed by atoms with Crippen molar-refractivity contribution < 1.29 is 4.42 Å². The number of rotatable bonds is 5. The maximum Gasteiger partial charge on any atom is 0.164 e. The maximum atomic E-state index is 6.27. The Morgan fingerprint density at radius 2 is 1.00 bits per heavy atom. The summed E-state index contributed by atoms with van der Waals surface area (Å²) in [6, 6.07) is 63.4. The van der Waals surface area contributed by atoms with Gasteiger partial charge in [0, 0.05) is 43.9 Å². The highest BCUT2D eigenvalue weighted by atomic mass is 16.3. The lowest BCUT2D eigenvalue weighted by molar-refractivity contribution is 0.669. The van der Waals surface area contributed by atoms with Crippen LogP contribution in [0.25, 0.3) is 105 Å². The van der Waals surface area contributed by atoms with Gasteiger partial charge < -0.3 is 8.98 Å². The van der Waals surface area contributed by atoms with Crippen LogP contribution in [0.5, 0.6) is 0 Å². The van der Waals surface area contributed by atoms with E-state index in [4.69, 9.17) is 19.4 Å². The molecule has 3 heterocycles. The van der Waals surface area contributed by atoms with Crippen LogP contribution in [0.15, 0.2) is 186 Å². The average Bonchev–Trinajstić information content (AvgIpc) is 3.78. The van der Waals surface area contributed by atoms with E-state index < -0.39 is 0 Å². The Bertz CT molecular complexity index is 3210. The molecular weight excluding hydrogens is 661 g/mol. The van der Waals surface area contributed by atoms with E-state index in [9.17, 15) is 0 Å². The van der Waals surface area contributed by atoms with Crippen LogP contribution in [-0.4, -0.2) is 19.5 Å². The van der Waals surface area contributed by atoms with Crippen molar-refractivity contribution >= 4 is 54.5 Å². The highest BCUT2D eigenvalue weighted by molar-refractivity contribution is 6.14. The molecule has 5 nitrogen and oxygen atoms in total. The number of fused-ring (bicyclic) bond motifs is 7. The normalized spacial score (nSPS) is 11.7. The number of hydrogen-bond acceptors (Lipinski definition) is 4. The van der Waals surface area contributed by atoms with Gasteiger partial charge in [-0.3, -0.25) is 0 Å². The molecule has 3 aromatic heterocycles. The van der Waals surface area contributed by atoms with Crippen LogP contribution in [0.2, 0.25) is 0 Å². The fourth-order valence-electron chi connectivity index (χ4n) is 7.88. The van der Waals surface area contributed by atoms with E-state index in [0.717, 1.165) is 55.4 Å². The van der Waals surface area contributed by atoms with Crippen molar-refractivity contribution in [2.45, 2.75) is 0 Å². The van der Waals surface area contributed by atoms with Gasteiger partial charge in [-0.15, -0.1) is 0 Å². The monoisotopic (exact) mass is 690 g/mol. The zero-order chi connectivity index (χ0) is 35.6. The van der Waals surface area contributed by atoms with E-state index in [2.05, 4.69) is 150 Å². The second kappa shape index (κ2) is 12.1. The molecule has 11 aromatic rings. The van der Waals surface area contributed by atoms with Crippen LogP contribution in [0.4, 0.5) is 0 Å². The third-order valence-electron chi connectivity index (χ3n) is 10.4. The molecule has 0 spiro atoms. The number of nitrogens with zero attached hydrogens (tertiary/aromatic N) is 4. The first-order valence-electron chi connectivity index (χ1n) is 18.1. The molecule has 0 radical (unpaired) electrons. The molecule has 0 aliphatic rings. The molecule has 0 saturated heterocycles. The van der Waals surface area contributed by atoms with Gasteiger partial charge in [-0.05, 0) is 82.6 Å². The lowest BCUT2D eigenvalue weighted by atomic mass is 10.0. The van der Waals surface area contributed by atoms with Crippen molar-refractivity contribution in [1.82, 2.24) is 19.5 Å². The number of para-hydroxylation sites is 2. The molecule has 0 saturated carbocycles. The van der Waals surface area contributed by atoms with E-state index in [-0.39, 0.29) is 0 Å². The molecule has 8 aromatic carbocycles. The maximum absolute atomic E-state index is 6.27. The molecule has 54 heavy (non-hydrogen) atoms. The molecule has 0 fully saturated rings. The first kappa shape index (κ1) is 30.3. The van der Waals surface area contributed by atoms with Gasteiger partial charge in [0.2, 0.25) is 0 Å². The van der Waals surface area contributed by atoms with Gasteiger partial charge in [0.15, 0.2) is 17.5 Å². The topological polar surface area (TPSA) is 56.7 Å². The second-order valence-corrected chi connectivity index (χ2v) is 13.6. The van der Waals surface area contributed by atoms with Gasteiger partial charge in [-0.2, -0.15) is 0 Å². The van der Waals surface area contributed by atoms with Crippen molar-refractivity contribution in [1.29, 1.82) is 0 Å². The third-order valence-corrected chi connectivity index (χ3v) is 10.4. The summed E-state index contributed by atoms with van der Waals surface area (Å²) in [5.74, 6) is 1.80. The van der Waals surface area contributed by atoms with Crippen LogP contribution in [0.3, 0.4) is 0 Å². The van der Waals surface area contributed by atoms with Crippen molar-refractivity contribution in [2.75, 3.05) is 0 Å². The quantitative estimate of drug-likeness (QED) is 0.180. The summed E-state index contributed by atoms with van der Waals surface area (Å²) in [6.45, 7) is 0. The fraction of sp³-hybridized carbons (Fsp3) is 0. The predicted molar refractivity (Wildman–Crippen MR) is 221 cm³/mol.